The van der Waals surface area contributed by atoms with Crippen LogP contribution in [0.3, 0.4) is 0 Å². The first-order valence-electron chi connectivity index (χ1n) is 5.12. The van der Waals surface area contributed by atoms with Gasteiger partial charge in [0.15, 0.2) is 0 Å². The van der Waals surface area contributed by atoms with Gasteiger partial charge in [-0.2, -0.15) is 5.26 Å². The monoisotopic (exact) mass is 179 g/mol. The van der Waals surface area contributed by atoms with Crippen LogP contribution in [-0.4, -0.2) is 48.6 Å². The summed E-state index contributed by atoms with van der Waals surface area (Å²) in [5, 5.41) is 8.73. The molecule has 1 saturated heterocycles. The zero-order chi connectivity index (χ0) is 9.26. The molecule has 0 bridgehead atoms. The van der Waals surface area contributed by atoms with Crippen LogP contribution in [-0.2, 0) is 0 Å². The van der Waals surface area contributed by atoms with Crippen molar-refractivity contribution in [1.29, 1.82) is 5.26 Å². The second-order valence-electron chi connectivity index (χ2n) is 4.25. The van der Waals surface area contributed by atoms with E-state index >= 15 is 0 Å². The van der Waals surface area contributed by atoms with Gasteiger partial charge in [0.25, 0.3) is 0 Å². The van der Waals surface area contributed by atoms with Gasteiger partial charge >= 0.3 is 0 Å². The summed E-state index contributed by atoms with van der Waals surface area (Å²) < 4.78 is 0. The number of rotatable bonds is 2. The van der Waals surface area contributed by atoms with Crippen molar-refractivity contribution in [3.63, 3.8) is 0 Å². The zero-order valence-electron chi connectivity index (χ0n) is 8.24. The first kappa shape index (κ1) is 8.98. The van der Waals surface area contributed by atoms with E-state index in [1.807, 2.05) is 0 Å². The first-order valence-corrected chi connectivity index (χ1v) is 5.12. The Balaban J connectivity index is 1.95. The quantitative estimate of drug-likeness (QED) is 0.624. The first-order chi connectivity index (χ1) is 6.31. The number of hydrogen-bond donors (Lipinski definition) is 0. The summed E-state index contributed by atoms with van der Waals surface area (Å²) in [6.45, 7) is 3.40. The van der Waals surface area contributed by atoms with Crippen molar-refractivity contribution >= 4 is 0 Å². The van der Waals surface area contributed by atoms with Crippen LogP contribution in [0.25, 0.3) is 0 Å². The van der Waals surface area contributed by atoms with Crippen LogP contribution in [0.15, 0.2) is 0 Å². The smallest absolute Gasteiger partial charge is 0.0638 e. The third-order valence-electron chi connectivity index (χ3n) is 3.07. The molecule has 0 N–H and O–H groups in total. The summed E-state index contributed by atoms with van der Waals surface area (Å²) in [6.07, 6.45) is 3.40. The molecule has 1 aliphatic heterocycles. The maximum atomic E-state index is 8.73. The molecule has 0 radical (unpaired) electrons. The average Bonchev–Trinajstić information content (AvgIpc) is 2.88. The van der Waals surface area contributed by atoms with E-state index < -0.39 is 0 Å². The fourth-order valence-corrected chi connectivity index (χ4v) is 2.20. The van der Waals surface area contributed by atoms with Crippen molar-refractivity contribution in [2.75, 3.05) is 26.7 Å². The molecule has 1 unspecified atom stereocenters. The van der Waals surface area contributed by atoms with Crippen molar-refractivity contribution < 1.29 is 0 Å². The molecule has 1 saturated carbocycles. The van der Waals surface area contributed by atoms with Crippen LogP contribution in [0.5, 0.6) is 0 Å². The fraction of sp³-hybridized carbons (Fsp3) is 0.900. The molecule has 0 aromatic rings. The largest absolute Gasteiger partial charge is 0.304 e. The van der Waals surface area contributed by atoms with Crippen molar-refractivity contribution in [2.45, 2.75) is 31.3 Å². The van der Waals surface area contributed by atoms with Crippen LogP contribution < -0.4 is 0 Å². The summed E-state index contributed by atoms with van der Waals surface area (Å²) in [4.78, 5) is 4.88. The molecule has 3 heteroatoms. The lowest BCUT2D eigenvalue weighted by Gasteiger charge is -2.39. The highest BCUT2D eigenvalue weighted by molar-refractivity contribution is 4.95. The molecule has 1 atom stereocenters. The topological polar surface area (TPSA) is 30.3 Å². The number of nitrogens with zero attached hydrogens (tertiary/aromatic N) is 3. The molecule has 0 amide bonds. The lowest BCUT2D eigenvalue weighted by Crippen LogP contribution is -2.52. The van der Waals surface area contributed by atoms with Gasteiger partial charge in [-0.05, 0) is 19.9 Å². The SMILES string of the molecule is CN1CCN(C2CC2)C(CC#N)C1. The highest BCUT2D eigenvalue weighted by Gasteiger charge is 2.36. The van der Waals surface area contributed by atoms with Gasteiger partial charge in [0, 0.05) is 31.7 Å². The minimum atomic E-state index is 0.497. The van der Waals surface area contributed by atoms with E-state index in [0.717, 1.165) is 19.1 Å². The Morgan fingerprint density at radius 2 is 2.15 bits per heavy atom. The van der Waals surface area contributed by atoms with Gasteiger partial charge in [-0.3, -0.25) is 4.90 Å². The fourth-order valence-electron chi connectivity index (χ4n) is 2.20. The molecule has 0 spiro atoms. The molecule has 13 heavy (non-hydrogen) atoms. The summed E-state index contributed by atoms with van der Waals surface area (Å²) in [5.74, 6) is 0. The second-order valence-corrected chi connectivity index (χ2v) is 4.25. The maximum absolute atomic E-state index is 8.73. The summed E-state index contributed by atoms with van der Waals surface area (Å²) in [7, 11) is 2.15. The van der Waals surface area contributed by atoms with E-state index in [4.69, 9.17) is 5.26 Å². The van der Waals surface area contributed by atoms with Gasteiger partial charge in [0.2, 0.25) is 0 Å². The lowest BCUT2D eigenvalue weighted by atomic mass is 10.1. The summed E-state index contributed by atoms with van der Waals surface area (Å²) in [6, 6.07) is 3.61. The second kappa shape index (κ2) is 3.65. The maximum Gasteiger partial charge on any atom is 0.0638 e. The normalized spacial score (nSPS) is 31.5. The summed E-state index contributed by atoms with van der Waals surface area (Å²) in [5.41, 5.74) is 0. The van der Waals surface area contributed by atoms with Crippen LogP contribution in [0, 0.1) is 11.3 Å². The molecular weight excluding hydrogens is 162 g/mol. The Morgan fingerprint density at radius 1 is 1.38 bits per heavy atom. The van der Waals surface area contributed by atoms with Crippen molar-refractivity contribution in [3.8, 4) is 6.07 Å². The van der Waals surface area contributed by atoms with Crippen molar-refractivity contribution in [2.24, 2.45) is 0 Å². The molecule has 3 nitrogen and oxygen atoms in total. The number of piperazine rings is 1. The number of hydrogen-bond acceptors (Lipinski definition) is 3. The van der Waals surface area contributed by atoms with Crippen molar-refractivity contribution in [3.05, 3.63) is 0 Å². The standard InChI is InChI=1S/C10H17N3/c1-12-6-7-13(9-2-3-9)10(8-12)4-5-11/h9-10H,2-4,6-8H2,1H3. The minimum absolute atomic E-state index is 0.497. The third-order valence-corrected chi connectivity index (χ3v) is 3.07. The van der Waals surface area contributed by atoms with E-state index in [-0.39, 0.29) is 0 Å². The van der Waals surface area contributed by atoms with Gasteiger partial charge in [0.1, 0.15) is 0 Å². The van der Waals surface area contributed by atoms with E-state index in [0.29, 0.717) is 12.5 Å². The van der Waals surface area contributed by atoms with Crippen LogP contribution in [0.2, 0.25) is 0 Å². The Morgan fingerprint density at radius 3 is 2.77 bits per heavy atom. The van der Waals surface area contributed by atoms with Crippen LogP contribution in [0.1, 0.15) is 19.3 Å². The van der Waals surface area contributed by atoms with E-state index in [9.17, 15) is 0 Å². The molecule has 0 aromatic carbocycles. The highest BCUT2D eigenvalue weighted by atomic mass is 15.3. The Hall–Kier alpha value is -0.590. The zero-order valence-corrected chi connectivity index (χ0v) is 8.24. The molecular formula is C10H17N3. The predicted octanol–water partition coefficient (Wildman–Crippen LogP) is 0.678. The van der Waals surface area contributed by atoms with Crippen LogP contribution in [0.4, 0.5) is 0 Å². The van der Waals surface area contributed by atoms with Gasteiger partial charge in [-0.1, -0.05) is 0 Å². The number of nitriles is 1. The molecule has 72 valence electrons. The molecule has 2 fully saturated rings. The van der Waals surface area contributed by atoms with Crippen molar-refractivity contribution in [1.82, 2.24) is 9.80 Å². The Kier molecular flexibility index (Phi) is 2.52. The Bertz CT molecular complexity index is 217. The van der Waals surface area contributed by atoms with Gasteiger partial charge < -0.3 is 4.90 Å². The lowest BCUT2D eigenvalue weighted by molar-refractivity contribution is 0.0855. The average molecular weight is 179 g/mol. The predicted molar refractivity (Wildman–Crippen MR) is 51.2 cm³/mol. The summed E-state index contributed by atoms with van der Waals surface area (Å²) >= 11 is 0. The molecule has 1 heterocycles. The Labute approximate surface area is 79.9 Å². The van der Waals surface area contributed by atoms with E-state index in [2.05, 4.69) is 22.9 Å². The van der Waals surface area contributed by atoms with Gasteiger partial charge in [-0.15, -0.1) is 0 Å². The van der Waals surface area contributed by atoms with E-state index in [1.165, 1.54) is 19.4 Å². The van der Waals surface area contributed by atoms with Gasteiger partial charge in [-0.25, -0.2) is 0 Å². The number of likely N-dealkylation sites (N-methyl/N-ethyl adjacent to an activating group) is 1. The molecule has 2 rings (SSSR count). The van der Waals surface area contributed by atoms with E-state index in [1.54, 1.807) is 0 Å². The highest BCUT2D eigenvalue weighted by Crippen LogP contribution is 2.30. The molecule has 1 aliphatic carbocycles. The van der Waals surface area contributed by atoms with Crippen LogP contribution >= 0.6 is 0 Å². The minimum Gasteiger partial charge on any atom is -0.304 e. The third kappa shape index (κ3) is 2.01. The molecule has 0 aromatic heterocycles. The van der Waals surface area contributed by atoms with Gasteiger partial charge in [0.05, 0.1) is 12.5 Å². The molecule has 2 aliphatic rings.